The molecular formula is C51H64N7O13P. The molecular weight excluding hydrogens is 950 g/mol. The van der Waals surface area contributed by atoms with Crippen molar-refractivity contribution in [1.82, 2.24) is 30.7 Å². The Balaban J connectivity index is 1.18. The lowest BCUT2D eigenvalue weighted by Gasteiger charge is -2.38. The average molecular weight is 1010 g/mol. The fraction of sp³-hybridized carbons (Fsp3) is 0.451. The van der Waals surface area contributed by atoms with E-state index in [2.05, 4.69) is 20.9 Å². The van der Waals surface area contributed by atoms with Crippen LogP contribution in [0.2, 0.25) is 0 Å². The van der Waals surface area contributed by atoms with Gasteiger partial charge in [0.05, 0.1) is 16.9 Å². The van der Waals surface area contributed by atoms with Crippen LogP contribution < -0.4 is 21.7 Å². The quantitative estimate of drug-likeness (QED) is 0.0466. The van der Waals surface area contributed by atoms with Crippen molar-refractivity contribution in [3.05, 3.63) is 107 Å². The van der Waals surface area contributed by atoms with Gasteiger partial charge < -0.3 is 45.9 Å². The molecule has 6 rings (SSSR count). The van der Waals surface area contributed by atoms with Crippen LogP contribution in [0.15, 0.2) is 84.9 Å². The van der Waals surface area contributed by atoms with Crippen LogP contribution in [0, 0.1) is 10.8 Å². The third-order valence-corrected chi connectivity index (χ3v) is 13.9. The highest BCUT2D eigenvalue weighted by Crippen LogP contribution is 2.51. The molecule has 4 aromatic rings. The summed E-state index contributed by atoms with van der Waals surface area (Å²) in [4.78, 5) is 114. The summed E-state index contributed by atoms with van der Waals surface area (Å²) < 4.78 is 34.7. The molecule has 21 heteroatoms. The van der Waals surface area contributed by atoms with Crippen molar-refractivity contribution < 1.29 is 61.4 Å². The Bertz CT molecular complexity index is 2620. The van der Waals surface area contributed by atoms with Crippen molar-refractivity contribution in [2.24, 2.45) is 16.6 Å². The number of likely N-dealkylation sites (N-methyl/N-ethyl adjacent to an activating group) is 1. The number of nitrogens with zero attached hydrogens (tertiary/aromatic N) is 2. The first kappa shape index (κ1) is 54.6. The van der Waals surface area contributed by atoms with Crippen molar-refractivity contribution >= 4 is 65.5 Å². The molecule has 0 radical (unpaired) electrons. The minimum absolute atomic E-state index is 0.00543. The van der Waals surface area contributed by atoms with Crippen molar-refractivity contribution in [3.8, 4) is 0 Å². The summed E-state index contributed by atoms with van der Waals surface area (Å²) >= 11 is 0. The van der Waals surface area contributed by atoms with Crippen LogP contribution in [0.1, 0.15) is 112 Å². The summed E-state index contributed by atoms with van der Waals surface area (Å²) in [5.74, 6) is -4.42. The number of nitrogens with one attached hydrogen (secondary N) is 4. The number of aromatic amines is 1. The zero-order valence-electron chi connectivity index (χ0n) is 41.6. The van der Waals surface area contributed by atoms with Crippen LogP contribution in [-0.4, -0.2) is 120 Å². The normalized spacial score (nSPS) is 18.1. The van der Waals surface area contributed by atoms with E-state index >= 15 is 0 Å². The molecule has 6 N–H and O–H groups in total. The summed E-state index contributed by atoms with van der Waals surface area (Å²) in [6.45, 7) is 8.32. The number of rotatable bonds is 19. The highest BCUT2D eigenvalue weighted by atomic mass is 31.2. The van der Waals surface area contributed by atoms with Gasteiger partial charge in [-0.2, -0.15) is 0 Å². The maximum atomic E-state index is 14.6. The SMILES string of the molecule is CN1CC[C@H]2CC[C@@H](C(=O)N[C@@H](CCC(N)=O)C(=O)NC(c3ccccc3)c3ccccc3)N2C(=O)[C@@H](NC(=O)c2cc3cc(C(=O)P(=O)(OCOC(=O)C(C)(C)C)OCOC(=O)C(C)(C)C)ccc3[nH]2)C1. The molecule has 386 valence electrons. The number of hydrogen-bond acceptors (Lipinski definition) is 14. The second-order valence-corrected chi connectivity index (χ2v) is 22.0. The molecule has 5 amide bonds. The summed E-state index contributed by atoms with van der Waals surface area (Å²) in [6, 6.07) is 19.8. The third kappa shape index (κ3) is 13.8. The van der Waals surface area contributed by atoms with Gasteiger partial charge in [0, 0.05) is 35.5 Å². The van der Waals surface area contributed by atoms with E-state index in [1.54, 1.807) is 41.5 Å². The summed E-state index contributed by atoms with van der Waals surface area (Å²) in [7, 11) is -3.03. The number of aromatic nitrogens is 1. The van der Waals surface area contributed by atoms with Crippen molar-refractivity contribution in [3.63, 3.8) is 0 Å². The number of amides is 5. The molecule has 2 aliphatic rings. The van der Waals surface area contributed by atoms with E-state index in [0.29, 0.717) is 30.3 Å². The minimum Gasteiger partial charge on any atom is -0.438 e. The molecule has 0 aliphatic carbocycles. The molecule has 3 heterocycles. The molecule has 0 spiro atoms. The Hall–Kier alpha value is -6.73. The zero-order chi connectivity index (χ0) is 52.5. The Morgan fingerprint density at radius 3 is 1.93 bits per heavy atom. The lowest BCUT2D eigenvalue weighted by Crippen LogP contribution is -2.61. The van der Waals surface area contributed by atoms with Gasteiger partial charge in [-0.05, 0) is 116 Å². The maximum absolute atomic E-state index is 14.6. The van der Waals surface area contributed by atoms with Gasteiger partial charge >= 0.3 is 19.5 Å². The van der Waals surface area contributed by atoms with Gasteiger partial charge in [-0.25, -0.2) is 0 Å². The monoisotopic (exact) mass is 1010 g/mol. The Labute approximate surface area is 417 Å². The number of nitrogens with two attached hydrogens (primary N) is 1. The number of primary amides is 1. The first-order valence-electron chi connectivity index (χ1n) is 23.7. The second kappa shape index (κ2) is 23.2. The topological polar surface area (TPSA) is 275 Å². The molecule has 1 aromatic heterocycles. The highest BCUT2D eigenvalue weighted by Gasteiger charge is 2.46. The fourth-order valence-corrected chi connectivity index (χ4v) is 9.43. The van der Waals surface area contributed by atoms with Crippen LogP contribution in [0.4, 0.5) is 0 Å². The van der Waals surface area contributed by atoms with Crippen LogP contribution in [-0.2, 0) is 51.9 Å². The standard InChI is InChI=1S/C51H64N7O13P/c1-50(2,3)48(65)68-29-70-72(67,71-30-69-49(66)51(4,5)6)47(64)33-18-20-36-34(26-33)27-38(53-36)44(61)55-39-28-57(7)25-24-35-19-22-40(58(35)46(39)63)45(62)54-37(21-23-41(52)59)43(60)56-42(31-14-10-8-11-15-31)32-16-12-9-13-17-32/h8-18,20,26-27,35,37,39-40,42,53H,19,21-25,28-30H2,1-7H3,(H2,52,59)(H,54,62)(H,55,61)(H,56,60)/t35-,37+,39+,40+/m1/s1. The predicted octanol–water partition coefficient (Wildman–Crippen LogP) is 5.08. The lowest BCUT2D eigenvalue weighted by atomic mass is 9.98. The van der Waals surface area contributed by atoms with Crippen LogP contribution >= 0.6 is 7.60 Å². The van der Waals surface area contributed by atoms with Crippen LogP contribution in [0.25, 0.3) is 10.9 Å². The van der Waals surface area contributed by atoms with E-state index in [-0.39, 0.29) is 43.1 Å². The van der Waals surface area contributed by atoms with E-state index in [1.165, 1.54) is 29.2 Å². The lowest BCUT2D eigenvalue weighted by molar-refractivity contribution is -0.162. The third-order valence-electron chi connectivity index (χ3n) is 12.3. The number of esters is 2. The van der Waals surface area contributed by atoms with Crippen molar-refractivity contribution in [1.29, 1.82) is 0 Å². The molecule has 2 aliphatic heterocycles. The van der Waals surface area contributed by atoms with Gasteiger partial charge in [-0.3, -0.25) is 52.0 Å². The van der Waals surface area contributed by atoms with Gasteiger partial charge in [-0.15, -0.1) is 0 Å². The predicted molar refractivity (Wildman–Crippen MR) is 263 cm³/mol. The van der Waals surface area contributed by atoms with Gasteiger partial charge in [-0.1, -0.05) is 60.7 Å². The summed E-state index contributed by atoms with van der Waals surface area (Å²) in [5, 5.41) is 9.01. The number of H-pyrrole nitrogens is 1. The van der Waals surface area contributed by atoms with E-state index in [4.69, 9.17) is 24.3 Å². The number of fused-ring (bicyclic) bond motifs is 2. The Morgan fingerprint density at radius 1 is 0.792 bits per heavy atom. The number of carbonyl (C=O) groups is 8. The molecule has 2 fully saturated rings. The largest absolute Gasteiger partial charge is 0.438 e. The first-order chi connectivity index (χ1) is 33.9. The smallest absolute Gasteiger partial charge is 0.407 e. The molecule has 72 heavy (non-hydrogen) atoms. The average Bonchev–Trinajstić information content (AvgIpc) is 3.97. The zero-order valence-corrected chi connectivity index (χ0v) is 42.5. The van der Waals surface area contributed by atoms with Gasteiger partial charge in [0.2, 0.25) is 37.2 Å². The number of hydrogen-bond donors (Lipinski definition) is 5. The van der Waals surface area contributed by atoms with Gasteiger partial charge in [0.25, 0.3) is 11.4 Å². The van der Waals surface area contributed by atoms with E-state index < -0.39 is 103 Å². The van der Waals surface area contributed by atoms with Crippen LogP contribution in [0.3, 0.4) is 0 Å². The minimum atomic E-state index is -4.85. The fourth-order valence-electron chi connectivity index (χ4n) is 8.28. The molecule has 3 aromatic carbocycles. The van der Waals surface area contributed by atoms with Gasteiger partial charge in [0.15, 0.2) is 0 Å². The first-order valence-corrected chi connectivity index (χ1v) is 25.2. The number of benzene rings is 3. The maximum Gasteiger partial charge on any atom is 0.407 e. The Kier molecular flexibility index (Phi) is 17.6. The van der Waals surface area contributed by atoms with E-state index in [0.717, 1.165) is 11.1 Å². The molecule has 0 saturated carbocycles. The molecule has 0 unspecified atom stereocenters. The molecule has 4 atom stereocenters. The number of carbonyl (C=O) groups excluding carboxylic acids is 8. The highest BCUT2D eigenvalue weighted by molar-refractivity contribution is 7.72. The number of ether oxygens (including phenoxy) is 2. The Morgan fingerprint density at radius 2 is 1.38 bits per heavy atom. The summed E-state index contributed by atoms with van der Waals surface area (Å²) in [6.07, 6.45) is 1.02. The van der Waals surface area contributed by atoms with Gasteiger partial charge in [0.1, 0.15) is 23.8 Å². The second-order valence-electron chi connectivity index (χ2n) is 20.0. The van der Waals surface area contributed by atoms with E-state index in [9.17, 15) is 42.9 Å². The van der Waals surface area contributed by atoms with Crippen LogP contribution in [0.5, 0.6) is 0 Å². The summed E-state index contributed by atoms with van der Waals surface area (Å²) in [5.41, 5.74) is 4.26. The van der Waals surface area contributed by atoms with Crippen molar-refractivity contribution in [2.75, 3.05) is 33.7 Å². The molecule has 0 bridgehead atoms. The van der Waals surface area contributed by atoms with Crippen molar-refractivity contribution in [2.45, 2.75) is 104 Å². The van der Waals surface area contributed by atoms with E-state index in [1.807, 2.05) is 72.6 Å². The molecule has 20 nitrogen and oxygen atoms in total. The molecule has 2 saturated heterocycles.